The number of rotatable bonds is 6. The lowest BCUT2D eigenvalue weighted by molar-refractivity contribution is -0.147. The molecular formula is C16H29IN4O3. The van der Waals surface area contributed by atoms with Crippen LogP contribution >= 0.6 is 24.0 Å². The number of nitrogens with zero attached hydrogens (tertiary/aromatic N) is 3. The van der Waals surface area contributed by atoms with Crippen LogP contribution in [0.3, 0.4) is 0 Å². The summed E-state index contributed by atoms with van der Waals surface area (Å²) in [5, 5.41) is 3.29. The van der Waals surface area contributed by atoms with Crippen LogP contribution in [-0.2, 0) is 14.3 Å². The van der Waals surface area contributed by atoms with Gasteiger partial charge >= 0.3 is 0 Å². The second-order valence-corrected chi connectivity index (χ2v) is 6.08. The molecule has 2 amide bonds. The molecule has 0 radical (unpaired) electrons. The highest BCUT2D eigenvalue weighted by Gasteiger charge is 2.26. The molecule has 0 spiro atoms. The zero-order valence-electron chi connectivity index (χ0n) is 14.6. The summed E-state index contributed by atoms with van der Waals surface area (Å²) in [4.78, 5) is 31.8. The van der Waals surface area contributed by atoms with Gasteiger partial charge in [-0.3, -0.25) is 19.5 Å². The first-order valence-electron chi connectivity index (χ1n) is 8.51. The van der Waals surface area contributed by atoms with E-state index in [1.165, 1.54) is 4.90 Å². The number of hydrogen-bond donors (Lipinski definition) is 1. The van der Waals surface area contributed by atoms with Crippen molar-refractivity contribution in [3.8, 4) is 0 Å². The van der Waals surface area contributed by atoms with Crippen LogP contribution in [0.4, 0.5) is 0 Å². The maximum Gasteiger partial charge on any atom is 0.229 e. The lowest BCUT2D eigenvalue weighted by Gasteiger charge is -2.25. The third-order valence-corrected chi connectivity index (χ3v) is 4.29. The summed E-state index contributed by atoms with van der Waals surface area (Å²) in [6.07, 6.45) is 2.72. The van der Waals surface area contributed by atoms with Crippen molar-refractivity contribution in [3.63, 3.8) is 0 Å². The lowest BCUT2D eigenvalue weighted by atomic mass is 10.1. The van der Waals surface area contributed by atoms with E-state index in [-0.39, 0.29) is 35.8 Å². The Hall–Kier alpha value is -0.900. The molecule has 2 fully saturated rings. The van der Waals surface area contributed by atoms with Crippen LogP contribution in [0.5, 0.6) is 0 Å². The van der Waals surface area contributed by atoms with Crippen LogP contribution < -0.4 is 5.32 Å². The number of piperidine rings is 1. The lowest BCUT2D eigenvalue weighted by Crippen LogP contribution is -2.43. The number of hydrogen-bond acceptors (Lipinski definition) is 4. The fourth-order valence-corrected chi connectivity index (χ4v) is 3.13. The summed E-state index contributed by atoms with van der Waals surface area (Å²) in [6, 6.07) is 0. The van der Waals surface area contributed by atoms with Crippen LogP contribution in [0.25, 0.3) is 0 Å². The molecule has 2 saturated heterocycles. The van der Waals surface area contributed by atoms with E-state index in [2.05, 4.69) is 15.2 Å². The minimum absolute atomic E-state index is 0. The Kier molecular flexibility index (Phi) is 9.57. The SMILES string of the molecule is CCNC(=NCCN1C(=O)CCCC1=O)N1CCC(COC)C1.I. The number of methoxy groups -OCH3 is 1. The van der Waals surface area contributed by atoms with Crippen molar-refractivity contribution in [2.75, 3.05) is 46.4 Å². The molecule has 2 aliphatic rings. The molecule has 138 valence electrons. The summed E-state index contributed by atoms with van der Waals surface area (Å²) < 4.78 is 5.23. The maximum atomic E-state index is 11.8. The van der Waals surface area contributed by atoms with Crippen molar-refractivity contribution in [2.24, 2.45) is 10.9 Å². The van der Waals surface area contributed by atoms with E-state index in [1.54, 1.807) is 7.11 Å². The molecule has 1 N–H and O–H groups in total. The fraction of sp³-hybridized carbons (Fsp3) is 0.812. The zero-order chi connectivity index (χ0) is 16.7. The molecule has 2 aliphatic heterocycles. The van der Waals surface area contributed by atoms with Crippen LogP contribution in [0, 0.1) is 5.92 Å². The van der Waals surface area contributed by atoms with Crippen molar-refractivity contribution in [1.82, 2.24) is 15.1 Å². The van der Waals surface area contributed by atoms with Crippen LogP contribution in [0.15, 0.2) is 4.99 Å². The first-order valence-corrected chi connectivity index (χ1v) is 8.51. The van der Waals surface area contributed by atoms with Gasteiger partial charge in [0.05, 0.1) is 13.2 Å². The number of imide groups is 1. The second kappa shape index (κ2) is 10.9. The van der Waals surface area contributed by atoms with E-state index in [0.717, 1.165) is 38.6 Å². The molecule has 0 bridgehead atoms. The van der Waals surface area contributed by atoms with E-state index < -0.39 is 0 Å². The van der Waals surface area contributed by atoms with Gasteiger partial charge in [-0.1, -0.05) is 0 Å². The standard InChI is InChI=1S/C16H28N4O3.HI/c1-3-17-16(19-9-7-13(11-19)12-23-2)18-8-10-20-14(21)5-4-6-15(20)22;/h13H,3-12H2,1-2H3,(H,17,18);1H. The molecule has 0 aromatic carbocycles. The van der Waals surface area contributed by atoms with Gasteiger partial charge in [-0.15, -0.1) is 24.0 Å². The summed E-state index contributed by atoms with van der Waals surface area (Å²) in [6.45, 7) is 6.32. The molecule has 0 saturated carbocycles. The Bertz CT molecular complexity index is 443. The number of guanidine groups is 1. The van der Waals surface area contributed by atoms with Crippen molar-refractivity contribution in [2.45, 2.75) is 32.6 Å². The van der Waals surface area contributed by atoms with Gasteiger partial charge < -0.3 is 15.0 Å². The van der Waals surface area contributed by atoms with E-state index in [4.69, 9.17) is 4.74 Å². The van der Waals surface area contributed by atoms with Gasteiger partial charge in [-0.05, 0) is 19.8 Å². The molecule has 1 atom stereocenters. The molecular weight excluding hydrogens is 423 g/mol. The van der Waals surface area contributed by atoms with Crippen molar-refractivity contribution in [3.05, 3.63) is 0 Å². The largest absolute Gasteiger partial charge is 0.384 e. The Morgan fingerprint density at radius 2 is 2.04 bits per heavy atom. The van der Waals surface area contributed by atoms with Gasteiger partial charge in [-0.25, -0.2) is 0 Å². The third kappa shape index (κ3) is 5.87. The summed E-state index contributed by atoms with van der Waals surface area (Å²) in [7, 11) is 1.73. The van der Waals surface area contributed by atoms with Crippen LogP contribution in [-0.4, -0.2) is 74.0 Å². The van der Waals surface area contributed by atoms with Gasteiger partial charge in [0, 0.05) is 52.0 Å². The van der Waals surface area contributed by atoms with Crippen LogP contribution in [0.2, 0.25) is 0 Å². The van der Waals surface area contributed by atoms with Gasteiger partial charge in [0.2, 0.25) is 11.8 Å². The number of ether oxygens (including phenoxy) is 1. The number of carbonyl (C=O) groups excluding carboxylic acids is 2. The van der Waals surface area contributed by atoms with Gasteiger partial charge in [0.1, 0.15) is 0 Å². The van der Waals surface area contributed by atoms with Crippen molar-refractivity contribution < 1.29 is 14.3 Å². The minimum atomic E-state index is -0.0669. The molecule has 0 aromatic rings. The van der Waals surface area contributed by atoms with E-state index in [0.29, 0.717) is 38.3 Å². The van der Waals surface area contributed by atoms with Crippen molar-refractivity contribution >= 4 is 41.8 Å². The topological polar surface area (TPSA) is 74.2 Å². The summed E-state index contributed by atoms with van der Waals surface area (Å²) in [5.74, 6) is 1.27. The number of carbonyl (C=O) groups is 2. The molecule has 1 unspecified atom stereocenters. The maximum absolute atomic E-state index is 11.8. The summed E-state index contributed by atoms with van der Waals surface area (Å²) >= 11 is 0. The predicted molar refractivity (Wildman–Crippen MR) is 104 cm³/mol. The molecule has 0 aliphatic carbocycles. The molecule has 0 aromatic heterocycles. The van der Waals surface area contributed by atoms with E-state index >= 15 is 0 Å². The van der Waals surface area contributed by atoms with Gasteiger partial charge in [-0.2, -0.15) is 0 Å². The molecule has 2 rings (SSSR count). The minimum Gasteiger partial charge on any atom is -0.384 e. The summed E-state index contributed by atoms with van der Waals surface area (Å²) in [5.41, 5.74) is 0. The quantitative estimate of drug-likeness (QED) is 0.283. The Morgan fingerprint density at radius 1 is 1.33 bits per heavy atom. The number of halogens is 1. The highest BCUT2D eigenvalue weighted by Crippen LogP contribution is 2.16. The average molecular weight is 452 g/mol. The molecule has 7 nitrogen and oxygen atoms in total. The monoisotopic (exact) mass is 452 g/mol. The molecule has 8 heteroatoms. The first-order chi connectivity index (χ1) is 11.2. The zero-order valence-corrected chi connectivity index (χ0v) is 17.0. The van der Waals surface area contributed by atoms with Crippen LogP contribution in [0.1, 0.15) is 32.6 Å². The van der Waals surface area contributed by atoms with Gasteiger partial charge in [0.25, 0.3) is 0 Å². The Labute approximate surface area is 161 Å². The average Bonchev–Trinajstić information content (AvgIpc) is 2.98. The van der Waals surface area contributed by atoms with Gasteiger partial charge in [0.15, 0.2) is 5.96 Å². The third-order valence-electron chi connectivity index (χ3n) is 4.29. The number of nitrogens with one attached hydrogen (secondary N) is 1. The number of aliphatic imine (C=N–C) groups is 1. The number of amides is 2. The molecule has 2 heterocycles. The first kappa shape index (κ1) is 21.1. The van der Waals surface area contributed by atoms with Crippen molar-refractivity contribution in [1.29, 1.82) is 0 Å². The molecule has 24 heavy (non-hydrogen) atoms. The smallest absolute Gasteiger partial charge is 0.229 e. The fourth-order valence-electron chi connectivity index (χ4n) is 3.13. The highest BCUT2D eigenvalue weighted by molar-refractivity contribution is 14.0. The Morgan fingerprint density at radius 3 is 2.67 bits per heavy atom. The second-order valence-electron chi connectivity index (χ2n) is 6.08. The highest BCUT2D eigenvalue weighted by atomic mass is 127. The van der Waals surface area contributed by atoms with E-state index in [9.17, 15) is 9.59 Å². The normalized spacial score (nSPS) is 21.9. The van der Waals surface area contributed by atoms with E-state index in [1.807, 2.05) is 6.92 Å². The number of likely N-dealkylation sites (tertiary alicyclic amines) is 2. The predicted octanol–water partition coefficient (Wildman–Crippen LogP) is 1.08. The Balaban J connectivity index is 0.00000288.